The van der Waals surface area contributed by atoms with E-state index < -0.39 is 0 Å². The Morgan fingerprint density at radius 1 is 1.48 bits per heavy atom. The molecule has 1 aliphatic rings. The highest BCUT2D eigenvalue weighted by Gasteiger charge is 2.30. The Kier molecular flexibility index (Phi) is 4.66. The third kappa shape index (κ3) is 3.39. The van der Waals surface area contributed by atoms with Gasteiger partial charge in [-0.2, -0.15) is 15.3 Å². The summed E-state index contributed by atoms with van der Waals surface area (Å²) < 4.78 is 5.78. The minimum absolute atomic E-state index is 0.0167. The third-order valence-corrected chi connectivity index (χ3v) is 4.16. The molecule has 0 aliphatic carbocycles. The Bertz CT molecular complexity index is 671. The average molecular weight is 315 g/mol. The maximum atomic E-state index is 12.5. The molecule has 122 valence electrons. The number of aryl methyl sites for hydroxylation is 2. The molecule has 0 radical (unpaired) electrons. The Morgan fingerprint density at radius 3 is 3.09 bits per heavy atom. The summed E-state index contributed by atoms with van der Waals surface area (Å²) in [6, 6.07) is 1.79. The molecular weight excluding hydrogens is 294 g/mol. The van der Waals surface area contributed by atoms with Crippen LogP contribution in [0.3, 0.4) is 0 Å². The summed E-state index contributed by atoms with van der Waals surface area (Å²) in [6.45, 7) is 5.07. The van der Waals surface area contributed by atoms with Crippen molar-refractivity contribution < 1.29 is 9.53 Å². The second-order valence-electron chi connectivity index (χ2n) is 5.78. The molecule has 0 saturated carbocycles. The second kappa shape index (κ2) is 6.87. The number of aromatic amines is 1. The van der Waals surface area contributed by atoms with Crippen LogP contribution in [0.1, 0.15) is 46.8 Å². The average Bonchev–Trinajstić information content (AvgIpc) is 3.23. The van der Waals surface area contributed by atoms with E-state index in [1.54, 1.807) is 12.3 Å². The van der Waals surface area contributed by atoms with E-state index in [0.717, 1.165) is 23.4 Å². The van der Waals surface area contributed by atoms with Gasteiger partial charge in [-0.15, -0.1) is 0 Å². The molecule has 3 rings (SSSR count). The van der Waals surface area contributed by atoms with Crippen molar-refractivity contribution in [1.29, 1.82) is 0 Å². The van der Waals surface area contributed by atoms with E-state index in [9.17, 15) is 4.79 Å². The van der Waals surface area contributed by atoms with Crippen LogP contribution in [0.15, 0.2) is 18.5 Å². The highest BCUT2D eigenvalue weighted by Crippen LogP contribution is 2.33. The Morgan fingerprint density at radius 2 is 2.35 bits per heavy atom. The van der Waals surface area contributed by atoms with Gasteiger partial charge in [0.05, 0.1) is 29.3 Å². The van der Waals surface area contributed by atoms with Gasteiger partial charge in [-0.25, -0.2) is 0 Å². The lowest BCUT2D eigenvalue weighted by Crippen LogP contribution is -2.31. The van der Waals surface area contributed by atoms with Gasteiger partial charge < -0.3 is 10.1 Å². The van der Waals surface area contributed by atoms with Crippen LogP contribution in [0.4, 0.5) is 0 Å². The molecule has 2 atom stereocenters. The molecule has 3 heterocycles. The molecule has 23 heavy (non-hydrogen) atoms. The SMILES string of the molecule is CCc1nnc(C)cc1C(=O)NC[C@H]1CCO[C@@H]1c1cn[nH]c1. The summed E-state index contributed by atoms with van der Waals surface area (Å²) in [7, 11) is 0. The lowest BCUT2D eigenvalue weighted by molar-refractivity contribution is 0.0845. The number of aromatic nitrogens is 4. The van der Waals surface area contributed by atoms with E-state index in [1.165, 1.54) is 0 Å². The minimum Gasteiger partial charge on any atom is -0.373 e. The lowest BCUT2D eigenvalue weighted by Gasteiger charge is -2.18. The number of H-pyrrole nitrogens is 1. The quantitative estimate of drug-likeness (QED) is 0.874. The molecule has 2 aromatic rings. The first kappa shape index (κ1) is 15.6. The molecule has 0 unspecified atom stereocenters. The summed E-state index contributed by atoms with van der Waals surface area (Å²) >= 11 is 0. The monoisotopic (exact) mass is 315 g/mol. The van der Waals surface area contributed by atoms with Crippen molar-refractivity contribution in [3.05, 3.63) is 41.0 Å². The zero-order chi connectivity index (χ0) is 16.2. The van der Waals surface area contributed by atoms with E-state index in [0.29, 0.717) is 25.1 Å². The molecule has 2 N–H and O–H groups in total. The van der Waals surface area contributed by atoms with Gasteiger partial charge >= 0.3 is 0 Å². The van der Waals surface area contributed by atoms with Crippen molar-refractivity contribution in [2.45, 2.75) is 32.8 Å². The van der Waals surface area contributed by atoms with Crippen LogP contribution in [0, 0.1) is 12.8 Å². The smallest absolute Gasteiger partial charge is 0.253 e. The van der Waals surface area contributed by atoms with Gasteiger partial charge in [0.1, 0.15) is 0 Å². The number of ether oxygens (including phenoxy) is 1. The predicted octanol–water partition coefficient (Wildman–Crippen LogP) is 1.58. The Balaban J connectivity index is 1.66. The molecule has 0 aromatic carbocycles. The molecule has 0 bridgehead atoms. The maximum absolute atomic E-state index is 12.5. The van der Waals surface area contributed by atoms with Crippen molar-refractivity contribution in [2.75, 3.05) is 13.2 Å². The molecule has 2 aromatic heterocycles. The number of hydrogen-bond donors (Lipinski definition) is 2. The zero-order valence-corrected chi connectivity index (χ0v) is 13.4. The van der Waals surface area contributed by atoms with E-state index in [1.807, 2.05) is 20.0 Å². The highest BCUT2D eigenvalue weighted by atomic mass is 16.5. The summed E-state index contributed by atoms with van der Waals surface area (Å²) in [5.41, 5.74) is 3.10. The number of amides is 1. The van der Waals surface area contributed by atoms with Gasteiger partial charge in [-0.3, -0.25) is 9.89 Å². The second-order valence-corrected chi connectivity index (χ2v) is 5.78. The summed E-state index contributed by atoms with van der Waals surface area (Å²) in [4.78, 5) is 12.5. The van der Waals surface area contributed by atoms with Crippen molar-refractivity contribution in [1.82, 2.24) is 25.7 Å². The number of carbonyl (C=O) groups excluding carboxylic acids is 1. The largest absolute Gasteiger partial charge is 0.373 e. The first-order chi connectivity index (χ1) is 11.2. The van der Waals surface area contributed by atoms with Crippen LogP contribution in [0.5, 0.6) is 0 Å². The molecule has 1 fully saturated rings. The standard InChI is InChI=1S/C16H21N5O2/c1-3-14-13(6-10(2)20-21-14)16(22)17-7-11-4-5-23-15(11)12-8-18-19-9-12/h6,8-9,11,15H,3-5,7H2,1-2H3,(H,17,22)(H,18,19)/t11-,15+/m1/s1. The van der Waals surface area contributed by atoms with Crippen LogP contribution in [-0.2, 0) is 11.2 Å². The minimum atomic E-state index is -0.0994. The van der Waals surface area contributed by atoms with Gasteiger partial charge in [0, 0.05) is 30.8 Å². The highest BCUT2D eigenvalue weighted by molar-refractivity contribution is 5.95. The van der Waals surface area contributed by atoms with Gasteiger partial charge in [0.25, 0.3) is 5.91 Å². The fourth-order valence-electron chi connectivity index (χ4n) is 2.92. The zero-order valence-electron chi connectivity index (χ0n) is 13.4. The van der Waals surface area contributed by atoms with Gasteiger partial charge in [0.15, 0.2) is 0 Å². The lowest BCUT2D eigenvalue weighted by atomic mass is 9.97. The fourth-order valence-corrected chi connectivity index (χ4v) is 2.92. The van der Waals surface area contributed by atoms with Crippen LogP contribution < -0.4 is 5.32 Å². The molecule has 7 heteroatoms. The summed E-state index contributed by atoms with van der Waals surface area (Å²) in [5.74, 6) is 0.148. The third-order valence-electron chi connectivity index (χ3n) is 4.16. The molecule has 0 spiro atoms. The van der Waals surface area contributed by atoms with E-state index in [-0.39, 0.29) is 17.9 Å². The molecule has 1 amide bonds. The molecule has 7 nitrogen and oxygen atoms in total. The van der Waals surface area contributed by atoms with Gasteiger partial charge in [-0.1, -0.05) is 6.92 Å². The topological polar surface area (TPSA) is 92.8 Å². The van der Waals surface area contributed by atoms with E-state index >= 15 is 0 Å². The van der Waals surface area contributed by atoms with Crippen molar-refractivity contribution in [3.63, 3.8) is 0 Å². The summed E-state index contributed by atoms with van der Waals surface area (Å²) in [6.07, 6.45) is 5.20. The number of carbonyl (C=O) groups is 1. The number of hydrogen-bond acceptors (Lipinski definition) is 5. The van der Waals surface area contributed by atoms with Crippen molar-refractivity contribution in [2.24, 2.45) is 5.92 Å². The van der Waals surface area contributed by atoms with Crippen LogP contribution in [0.25, 0.3) is 0 Å². The van der Waals surface area contributed by atoms with Crippen LogP contribution in [0.2, 0.25) is 0 Å². The molecule has 1 aliphatic heterocycles. The van der Waals surface area contributed by atoms with Crippen molar-refractivity contribution in [3.8, 4) is 0 Å². The normalized spacial score (nSPS) is 20.6. The van der Waals surface area contributed by atoms with Gasteiger partial charge in [0.2, 0.25) is 0 Å². The van der Waals surface area contributed by atoms with E-state index in [4.69, 9.17) is 4.74 Å². The number of rotatable bonds is 5. The fraction of sp³-hybridized carbons (Fsp3) is 0.500. The van der Waals surface area contributed by atoms with Gasteiger partial charge in [-0.05, 0) is 25.8 Å². The van der Waals surface area contributed by atoms with E-state index in [2.05, 4.69) is 25.7 Å². The van der Waals surface area contributed by atoms with Crippen LogP contribution in [-0.4, -0.2) is 39.5 Å². The Hall–Kier alpha value is -2.28. The maximum Gasteiger partial charge on any atom is 0.253 e. The van der Waals surface area contributed by atoms with Crippen LogP contribution >= 0.6 is 0 Å². The predicted molar refractivity (Wildman–Crippen MR) is 83.9 cm³/mol. The molecule has 1 saturated heterocycles. The Labute approximate surface area is 134 Å². The summed E-state index contributed by atoms with van der Waals surface area (Å²) in [5, 5.41) is 17.9. The number of nitrogens with zero attached hydrogens (tertiary/aromatic N) is 3. The first-order valence-corrected chi connectivity index (χ1v) is 7.90. The first-order valence-electron chi connectivity index (χ1n) is 7.90. The molecular formula is C16H21N5O2. The number of nitrogens with one attached hydrogen (secondary N) is 2. The van der Waals surface area contributed by atoms with Crippen molar-refractivity contribution >= 4 is 5.91 Å².